The number of fused-ring (bicyclic) bond motifs is 2. The van der Waals surface area contributed by atoms with Gasteiger partial charge in [0, 0.05) is 29.1 Å². The Bertz CT molecular complexity index is 812. The molecule has 1 aromatic heterocycles. The van der Waals surface area contributed by atoms with Crippen molar-refractivity contribution in [1.82, 2.24) is 10.3 Å². The third-order valence-corrected chi connectivity index (χ3v) is 5.68. The highest BCUT2D eigenvalue weighted by Gasteiger charge is 2.25. The minimum absolute atomic E-state index is 0.459. The van der Waals surface area contributed by atoms with Gasteiger partial charge in [-0.2, -0.15) is 0 Å². The average molecular weight is 381 g/mol. The van der Waals surface area contributed by atoms with Gasteiger partial charge in [-0.15, -0.1) is 0 Å². The van der Waals surface area contributed by atoms with Crippen molar-refractivity contribution in [3.8, 4) is 0 Å². The van der Waals surface area contributed by atoms with E-state index in [2.05, 4.69) is 54.6 Å². The second kappa shape index (κ2) is 9.92. The van der Waals surface area contributed by atoms with Crippen LogP contribution in [0.5, 0.6) is 0 Å². The van der Waals surface area contributed by atoms with Crippen molar-refractivity contribution in [1.29, 1.82) is 0 Å². The zero-order valence-corrected chi connectivity index (χ0v) is 17.8. The lowest BCUT2D eigenvalue weighted by Crippen LogP contribution is -2.07. The number of hydrogen-bond acceptors (Lipinski definition) is 4. The van der Waals surface area contributed by atoms with Crippen molar-refractivity contribution in [2.24, 2.45) is 0 Å². The van der Waals surface area contributed by atoms with Gasteiger partial charge in [-0.1, -0.05) is 45.4 Å². The van der Waals surface area contributed by atoms with Crippen LogP contribution in [0, 0.1) is 0 Å². The number of hydrogen-bond donors (Lipinski definition) is 3. The van der Waals surface area contributed by atoms with Crippen molar-refractivity contribution in [2.75, 3.05) is 30.8 Å². The highest BCUT2D eigenvalue weighted by molar-refractivity contribution is 5.97. The Morgan fingerprint density at radius 2 is 2.11 bits per heavy atom. The second-order valence-corrected chi connectivity index (χ2v) is 8.13. The molecule has 0 saturated heterocycles. The van der Waals surface area contributed by atoms with Gasteiger partial charge in [0.05, 0.1) is 11.2 Å². The molecule has 0 bridgehead atoms. The molecule has 0 saturated carbocycles. The summed E-state index contributed by atoms with van der Waals surface area (Å²) in [5, 5.41) is 11.6. The maximum atomic E-state index is 4.96. The van der Waals surface area contributed by atoms with E-state index >= 15 is 0 Å². The number of rotatable bonds is 11. The summed E-state index contributed by atoms with van der Waals surface area (Å²) in [5.74, 6) is 1.50. The SMILES string of the molecule is C=C(CCCC)Nc1c2c(nc3cc(CCCCCNC)ccc13)NCC2C. The van der Waals surface area contributed by atoms with Gasteiger partial charge < -0.3 is 16.0 Å². The monoisotopic (exact) mass is 380 g/mol. The molecule has 2 aromatic rings. The molecular weight excluding hydrogens is 344 g/mol. The van der Waals surface area contributed by atoms with Gasteiger partial charge >= 0.3 is 0 Å². The van der Waals surface area contributed by atoms with Gasteiger partial charge in [0.25, 0.3) is 0 Å². The molecule has 0 amide bonds. The molecule has 28 heavy (non-hydrogen) atoms. The lowest BCUT2D eigenvalue weighted by Gasteiger charge is -2.18. The van der Waals surface area contributed by atoms with Crippen LogP contribution in [0.15, 0.2) is 30.5 Å². The Morgan fingerprint density at radius 1 is 1.25 bits per heavy atom. The minimum Gasteiger partial charge on any atom is -0.369 e. The first-order chi connectivity index (χ1) is 13.6. The molecular formula is C24H36N4. The maximum absolute atomic E-state index is 4.96. The molecule has 0 aliphatic carbocycles. The van der Waals surface area contributed by atoms with Crippen LogP contribution in [-0.2, 0) is 6.42 Å². The van der Waals surface area contributed by atoms with Crippen molar-refractivity contribution < 1.29 is 0 Å². The zero-order valence-electron chi connectivity index (χ0n) is 17.8. The molecule has 1 aliphatic heterocycles. The summed E-state index contributed by atoms with van der Waals surface area (Å²) in [4.78, 5) is 4.96. The van der Waals surface area contributed by atoms with Crippen LogP contribution in [0.4, 0.5) is 11.5 Å². The fourth-order valence-electron chi connectivity index (χ4n) is 4.02. The molecule has 1 aliphatic rings. The summed E-state index contributed by atoms with van der Waals surface area (Å²) in [6.07, 6.45) is 8.22. The number of anilines is 2. The summed E-state index contributed by atoms with van der Waals surface area (Å²) in [5.41, 5.74) is 6.08. The number of benzene rings is 1. The summed E-state index contributed by atoms with van der Waals surface area (Å²) in [7, 11) is 2.02. The summed E-state index contributed by atoms with van der Waals surface area (Å²) in [6, 6.07) is 6.81. The van der Waals surface area contributed by atoms with E-state index in [4.69, 9.17) is 4.98 Å². The molecule has 4 heteroatoms. The Hall–Kier alpha value is -2.07. The fourth-order valence-corrected chi connectivity index (χ4v) is 4.02. The van der Waals surface area contributed by atoms with Crippen LogP contribution in [0.2, 0.25) is 0 Å². The molecule has 0 fully saturated rings. The predicted octanol–water partition coefficient (Wildman–Crippen LogP) is 5.81. The first-order valence-corrected chi connectivity index (χ1v) is 10.9. The van der Waals surface area contributed by atoms with Gasteiger partial charge in [-0.05, 0) is 57.3 Å². The van der Waals surface area contributed by atoms with Crippen molar-refractivity contribution >= 4 is 22.4 Å². The van der Waals surface area contributed by atoms with E-state index in [1.165, 1.54) is 54.3 Å². The van der Waals surface area contributed by atoms with Gasteiger partial charge in [0.1, 0.15) is 5.82 Å². The first kappa shape index (κ1) is 20.7. The van der Waals surface area contributed by atoms with Crippen molar-refractivity contribution in [3.05, 3.63) is 41.6 Å². The van der Waals surface area contributed by atoms with Crippen LogP contribution in [0.25, 0.3) is 10.9 Å². The third-order valence-electron chi connectivity index (χ3n) is 5.68. The van der Waals surface area contributed by atoms with Crippen LogP contribution < -0.4 is 16.0 Å². The zero-order chi connectivity index (χ0) is 19.9. The summed E-state index contributed by atoms with van der Waals surface area (Å²) < 4.78 is 0. The Balaban J connectivity index is 1.85. The van der Waals surface area contributed by atoms with Crippen LogP contribution in [0.3, 0.4) is 0 Å². The van der Waals surface area contributed by atoms with Crippen molar-refractivity contribution in [2.45, 2.75) is 64.7 Å². The number of aryl methyl sites for hydroxylation is 1. The van der Waals surface area contributed by atoms with Gasteiger partial charge in [-0.3, -0.25) is 0 Å². The molecule has 3 N–H and O–H groups in total. The molecule has 4 nitrogen and oxygen atoms in total. The number of allylic oxidation sites excluding steroid dienone is 1. The standard InChI is InChI=1S/C24H36N4/c1-5-6-10-18(3)27-23-20-13-12-19(11-8-7-9-14-25-4)15-21(20)28-24-22(23)17(2)16-26-24/h12-13,15,17,25H,3,5-11,14,16H2,1-2,4H3,(H2,26,27,28). The summed E-state index contributed by atoms with van der Waals surface area (Å²) >= 11 is 0. The average Bonchev–Trinajstić information content (AvgIpc) is 3.06. The molecule has 3 rings (SSSR count). The van der Waals surface area contributed by atoms with E-state index in [0.717, 1.165) is 43.0 Å². The smallest absolute Gasteiger partial charge is 0.132 e. The minimum atomic E-state index is 0.459. The highest BCUT2D eigenvalue weighted by Crippen LogP contribution is 2.41. The van der Waals surface area contributed by atoms with Crippen LogP contribution in [-0.4, -0.2) is 25.1 Å². The lowest BCUT2D eigenvalue weighted by molar-refractivity contribution is 0.642. The van der Waals surface area contributed by atoms with E-state index < -0.39 is 0 Å². The van der Waals surface area contributed by atoms with Crippen molar-refractivity contribution in [3.63, 3.8) is 0 Å². The number of unbranched alkanes of at least 4 members (excludes halogenated alkanes) is 3. The van der Waals surface area contributed by atoms with E-state index in [1.54, 1.807) is 0 Å². The quantitative estimate of drug-likeness (QED) is 0.430. The molecule has 0 spiro atoms. The van der Waals surface area contributed by atoms with E-state index in [9.17, 15) is 0 Å². The predicted molar refractivity (Wildman–Crippen MR) is 122 cm³/mol. The molecule has 2 heterocycles. The highest BCUT2D eigenvalue weighted by atomic mass is 15.0. The van der Waals surface area contributed by atoms with E-state index in [1.807, 2.05) is 7.05 Å². The molecule has 0 radical (unpaired) electrons. The number of nitrogens with one attached hydrogen (secondary N) is 3. The largest absolute Gasteiger partial charge is 0.369 e. The Labute approximate surface area is 170 Å². The number of aromatic nitrogens is 1. The second-order valence-electron chi connectivity index (χ2n) is 8.13. The van der Waals surface area contributed by atoms with E-state index in [-0.39, 0.29) is 0 Å². The lowest BCUT2D eigenvalue weighted by atomic mass is 9.98. The van der Waals surface area contributed by atoms with Crippen LogP contribution >= 0.6 is 0 Å². The van der Waals surface area contributed by atoms with Crippen LogP contribution in [0.1, 0.15) is 69.4 Å². The van der Waals surface area contributed by atoms with Gasteiger partial charge in [-0.25, -0.2) is 4.98 Å². The molecule has 1 unspecified atom stereocenters. The first-order valence-electron chi connectivity index (χ1n) is 10.9. The topological polar surface area (TPSA) is 49.0 Å². The number of pyridine rings is 1. The fraction of sp³-hybridized carbons (Fsp3) is 0.542. The normalized spacial score (nSPS) is 15.5. The van der Waals surface area contributed by atoms with Gasteiger partial charge in [0.2, 0.25) is 0 Å². The Kier molecular flexibility index (Phi) is 7.32. The van der Waals surface area contributed by atoms with E-state index in [0.29, 0.717) is 5.92 Å². The molecule has 152 valence electrons. The molecule has 1 atom stereocenters. The molecule has 1 aromatic carbocycles. The Morgan fingerprint density at radius 3 is 2.89 bits per heavy atom. The van der Waals surface area contributed by atoms with Gasteiger partial charge in [0.15, 0.2) is 0 Å². The maximum Gasteiger partial charge on any atom is 0.132 e. The third kappa shape index (κ3) is 4.85. The number of nitrogens with zero attached hydrogens (tertiary/aromatic N) is 1. The summed E-state index contributed by atoms with van der Waals surface area (Å²) in [6.45, 7) is 10.8.